The van der Waals surface area contributed by atoms with Gasteiger partial charge < -0.3 is 5.73 Å². The van der Waals surface area contributed by atoms with Crippen molar-refractivity contribution in [2.75, 3.05) is 39.0 Å². The zero-order valence-electron chi connectivity index (χ0n) is 21.7. The number of hydrogen-bond acceptors (Lipinski definition) is 6. The van der Waals surface area contributed by atoms with Crippen LogP contribution in [0.3, 0.4) is 0 Å². The number of hydrogen-bond donors (Lipinski definition) is 1. The molecular weight excluding hydrogens is 520 g/mol. The summed E-state index contributed by atoms with van der Waals surface area (Å²) in [7, 11) is -1.03. The van der Waals surface area contributed by atoms with E-state index in [0.717, 1.165) is 57.8 Å². The molecule has 5 nitrogen and oxygen atoms in total. The second-order valence-corrected chi connectivity index (χ2v) is 12.3. The van der Waals surface area contributed by atoms with Gasteiger partial charge in [-0.3, -0.25) is 14.0 Å². The summed E-state index contributed by atoms with van der Waals surface area (Å²) in [6.07, 6.45) is 4.86. The first kappa shape index (κ1) is 27.7. The van der Waals surface area contributed by atoms with Crippen LogP contribution in [0.15, 0.2) is 82.3 Å². The lowest BCUT2D eigenvalue weighted by Gasteiger charge is -2.37. The average molecular weight is 555 g/mol. The predicted molar refractivity (Wildman–Crippen MR) is 160 cm³/mol. The van der Waals surface area contributed by atoms with Crippen LogP contribution in [0, 0.1) is 0 Å². The molecule has 2 unspecified atom stereocenters. The molecule has 1 aromatic heterocycles. The number of rotatable bonds is 9. The Bertz CT molecular complexity index is 1290. The highest BCUT2D eigenvalue weighted by Gasteiger charge is 2.20. The van der Waals surface area contributed by atoms with Gasteiger partial charge in [0, 0.05) is 71.3 Å². The van der Waals surface area contributed by atoms with Gasteiger partial charge in [0.25, 0.3) is 0 Å². The molecular formula is C29H35ClN4OS2. The van der Waals surface area contributed by atoms with Crippen molar-refractivity contribution in [2.45, 2.75) is 31.2 Å². The first-order valence-corrected chi connectivity index (χ1v) is 15.4. The second kappa shape index (κ2) is 13.0. The maximum atomic E-state index is 12.0. The number of allylic oxidation sites excluding steroid dienone is 1. The number of nitrogens with two attached hydrogens (primary N) is 1. The highest BCUT2D eigenvalue weighted by molar-refractivity contribution is 7.84. The smallest absolute Gasteiger partial charge is 0.0827 e. The molecule has 37 heavy (non-hydrogen) atoms. The maximum absolute atomic E-state index is 12.0. The quantitative estimate of drug-likeness (QED) is 0.321. The van der Waals surface area contributed by atoms with E-state index in [2.05, 4.69) is 35.8 Å². The Balaban J connectivity index is 1.59. The molecule has 4 rings (SSSR count). The number of nitrogens with zero attached hydrogens (tertiary/aromatic N) is 3. The van der Waals surface area contributed by atoms with Gasteiger partial charge in [-0.2, -0.15) is 0 Å². The molecule has 3 aromatic rings. The summed E-state index contributed by atoms with van der Waals surface area (Å²) in [5.41, 5.74) is 9.91. The largest absolute Gasteiger partial charge is 0.401 e. The predicted octanol–water partition coefficient (Wildman–Crippen LogP) is 6.19. The molecule has 1 saturated heterocycles. The van der Waals surface area contributed by atoms with Crippen LogP contribution in [0.1, 0.15) is 25.1 Å². The Morgan fingerprint density at radius 3 is 2.59 bits per heavy atom. The number of thiophene rings is 1. The summed E-state index contributed by atoms with van der Waals surface area (Å²) in [6, 6.07) is 20.2. The summed E-state index contributed by atoms with van der Waals surface area (Å²) in [5, 5.41) is 0.600. The molecule has 2 aromatic carbocycles. The zero-order chi connectivity index (χ0) is 26.4. The lowest BCUT2D eigenvalue weighted by atomic mass is 10.1. The van der Waals surface area contributed by atoms with Crippen molar-refractivity contribution in [3.05, 3.63) is 82.3 Å². The fourth-order valence-corrected chi connectivity index (χ4v) is 6.09. The van der Waals surface area contributed by atoms with E-state index in [-0.39, 0.29) is 0 Å². The monoisotopic (exact) mass is 554 g/mol. The summed E-state index contributed by atoms with van der Waals surface area (Å²) in [6.45, 7) is 9.40. The van der Waals surface area contributed by atoms with Crippen LogP contribution in [0.5, 0.6) is 0 Å². The third-order valence-electron chi connectivity index (χ3n) is 6.75. The molecule has 0 saturated carbocycles. The van der Waals surface area contributed by atoms with Crippen molar-refractivity contribution in [3.8, 4) is 10.4 Å². The van der Waals surface area contributed by atoms with Gasteiger partial charge in [0.15, 0.2) is 0 Å². The molecule has 1 fully saturated rings. The fraction of sp³-hybridized carbons (Fsp3) is 0.345. The topological polar surface area (TPSA) is 61.9 Å². The van der Waals surface area contributed by atoms with Crippen LogP contribution >= 0.6 is 22.9 Å². The number of piperazine rings is 1. The third kappa shape index (κ3) is 7.39. The third-order valence-corrected chi connectivity index (χ3v) is 9.15. The van der Waals surface area contributed by atoms with E-state index < -0.39 is 10.8 Å². The van der Waals surface area contributed by atoms with Crippen LogP contribution in [0.25, 0.3) is 10.4 Å². The lowest BCUT2D eigenvalue weighted by Crippen LogP contribution is -2.50. The van der Waals surface area contributed by atoms with Crippen molar-refractivity contribution < 1.29 is 4.21 Å². The molecule has 1 aliphatic heterocycles. The Kier molecular flexibility index (Phi) is 9.73. The molecule has 2 heterocycles. The Hall–Kier alpha value is -2.29. The van der Waals surface area contributed by atoms with Crippen LogP contribution < -0.4 is 5.73 Å². The standard InChI is InChI=1S/C29H35ClN4OS2/c1-4-21(2)34-16-14-33(15-17-34)20-23(31)19-27(32-26-11-6-5-10-25(26)30)29-13-12-28(36-29)22-8-7-9-24(18-22)37(3)35/h5-13,18-19,21H,4,14-17,20,31H2,1-3H3. The molecule has 0 bridgehead atoms. The van der Waals surface area contributed by atoms with Crippen molar-refractivity contribution in [1.82, 2.24) is 9.80 Å². The minimum atomic E-state index is -1.03. The zero-order valence-corrected chi connectivity index (χ0v) is 24.1. The summed E-state index contributed by atoms with van der Waals surface area (Å²) < 4.78 is 12.0. The van der Waals surface area contributed by atoms with Gasteiger partial charge >= 0.3 is 0 Å². The van der Waals surface area contributed by atoms with E-state index in [1.807, 2.05) is 54.6 Å². The van der Waals surface area contributed by atoms with Gasteiger partial charge in [0.2, 0.25) is 0 Å². The highest BCUT2D eigenvalue weighted by Crippen LogP contribution is 2.32. The Morgan fingerprint density at radius 2 is 1.89 bits per heavy atom. The van der Waals surface area contributed by atoms with Crippen molar-refractivity contribution in [3.63, 3.8) is 0 Å². The molecule has 2 N–H and O–H groups in total. The van der Waals surface area contributed by atoms with Gasteiger partial charge in [0.05, 0.1) is 21.3 Å². The van der Waals surface area contributed by atoms with E-state index in [9.17, 15) is 4.21 Å². The summed E-state index contributed by atoms with van der Waals surface area (Å²) in [5.74, 6) is 0. The fourth-order valence-electron chi connectivity index (χ4n) is 4.39. The SMILES string of the molecule is CCC(C)N1CCN(CC(N)=CC(=Nc2ccccc2Cl)c2ccc(-c3cccc(S(C)=O)c3)s2)CC1. The van der Waals surface area contributed by atoms with Gasteiger partial charge in [-0.05, 0) is 61.4 Å². The molecule has 1 aliphatic rings. The van der Waals surface area contributed by atoms with E-state index in [1.165, 1.54) is 6.42 Å². The first-order valence-electron chi connectivity index (χ1n) is 12.6. The highest BCUT2D eigenvalue weighted by atomic mass is 35.5. The Morgan fingerprint density at radius 1 is 1.14 bits per heavy atom. The minimum absolute atomic E-state index is 0.600. The maximum Gasteiger partial charge on any atom is 0.0827 e. The number of halogens is 1. The van der Waals surface area contributed by atoms with Crippen LogP contribution in [0.2, 0.25) is 5.02 Å². The lowest BCUT2D eigenvalue weighted by molar-refractivity contribution is 0.106. The molecule has 0 aliphatic carbocycles. The van der Waals surface area contributed by atoms with Crippen molar-refractivity contribution >= 4 is 45.1 Å². The Labute approximate surface area is 232 Å². The normalized spacial score (nSPS) is 17.6. The van der Waals surface area contributed by atoms with Crippen LogP contribution in [-0.4, -0.2) is 64.7 Å². The van der Waals surface area contributed by atoms with Gasteiger partial charge in [0.1, 0.15) is 0 Å². The molecule has 0 spiro atoms. The van der Waals surface area contributed by atoms with Crippen molar-refractivity contribution in [1.29, 1.82) is 0 Å². The first-order chi connectivity index (χ1) is 17.8. The van der Waals surface area contributed by atoms with E-state index in [4.69, 9.17) is 22.3 Å². The average Bonchev–Trinajstić information content (AvgIpc) is 3.40. The van der Waals surface area contributed by atoms with Gasteiger partial charge in [-0.1, -0.05) is 42.8 Å². The summed E-state index contributed by atoms with van der Waals surface area (Å²) >= 11 is 8.09. The van der Waals surface area contributed by atoms with Crippen LogP contribution in [-0.2, 0) is 10.8 Å². The molecule has 0 radical (unpaired) electrons. The van der Waals surface area contributed by atoms with E-state index >= 15 is 0 Å². The van der Waals surface area contributed by atoms with E-state index in [0.29, 0.717) is 23.3 Å². The van der Waals surface area contributed by atoms with Gasteiger partial charge in [-0.25, -0.2) is 4.99 Å². The molecule has 2 atom stereocenters. The number of aliphatic imine (C=N–C) groups is 1. The molecule has 0 amide bonds. The minimum Gasteiger partial charge on any atom is -0.401 e. The number of benzene rings is 2. The second-order valence-electron chi connectivity index (χ2n) is 9.38. The molecule has 196 valence electrons. The van der Waals surface area contributed by atoms with E-state index in [1.54, 1.807) is 17.6 Å². The van der Waals surface area contributed by atoms with Crippen LogP contribution in [0.4, 0.5) is 5.69 Å². The summed E-state index contributed by atoms with van der Waals surface area (Å²) in [4.78, 5) is 12.8. The number of para-hydroxylation sites is 1. The van der Waals surface area contributed by atoms with Crippen molar-refractivity contribution in [2.24, 2.45) is 10.7 Å². The molecule has 8 heteroatoms. The van der Waals surface area contributed by atoms with Gasteiger partial charge in [-0.15, -0.1) is 11.3 Å².